The van der Waals surface area contributed by atoms with Gasteiger partial charge in [0.05, 0.1) is 7.11 Å². The van der Waals surface area contributed by atoms with Gasteiger partial charge in [-0.25, -0.2) is 4.98 Å². The first-order valence-electron chi connectivity index (χ1n) is 6.55. The van der Waals surface area contributed by atoms with Gasteiger partial charge in [0.25, 0.3) is 0 Å². The number of nitrogens with one attached hydrogen (secondary N) is 1. The SMILES string of the molecule is COc1ncccc1NC(=O)C(C(C)C)n1cccc1. The summed E-state index contributed by atoms with van der Waals surface area (Å²) in [7, 11) is 1.53. The number of carbonyl (C=O) groups excluding carboxylic acids is 1. The second kappa shape index (κ2) is 6.23. The van der Waals surface area contributed by atoms with Crippen molar-refractivity contribution in [3.8, 4) is 5.88 Å². The first-order valence-corrected chi connectivity index (χ1v) is 6.55. The summed E-state index contributed by atoms with van der Waals surface area (Å²) in [4.78, 5) is 16.6. The molecule has 1 unspecified atom stereocenters. The van der Waals surface area contributed by atoms with Crippen LogP contribution in [0.2, 0.25) is 0 Å². The van der Waals surface area contributed by atoms with Crippen molar-refractivity contribution in [1.29, 1.82) is 0 Å². The van der Waals surface area contributed by atoms with E-state index in [1.165, 1.54) is 7.11 Å². The standard InChI is InChI=1S/C15H19N3O2/c1-11(2)13(18-9-4-5-10-18)14(19)17-12-7-6-8-16-15(12)20-3/h4-11,13H,1-3H3,(H,17,19). The number of hydrogen-bond donors (Lipinski definition) is 1. The van der Waals surface area contributed by atoms with E-state index >= 15 is 0 Å². The number of hydrogen-bond acceptors (Lipinski definition) is 3. The van der Waals surface area contributed by atoms with Crippen molar-refractivity contribution >= 4 is 11.6 Å². The van der Waals surface area contributed by atoms with Gasteiger partial charge < -0.3 is 14.6 Å². The Morgan fingerprint density at radius 3 is 2.60 bits per heavy atom. The van der Waals surface area contributed by atoms with Crippen molar-refractivity contribution in [2.45, 2.75) is 19.9 Å². The molecule has 0 saturated carbocycles. The van der Waals surface area contributed by atoms with Crippen LogP contribution in [0.5, 0.6) is 5.88 Å². The Bertz CT molecular complexity index is 564. The fraction of sp³-hybridized carbons (Fsp3) is 0.333. The maximum absolute atomic E-state index is 12.5. The highest BCUT2D eigenvalue weighted by Crippen LogP contribution is 2.24. The van der Waals surface area contributed by atoms with E-state index in [-0.39, 0.29) is 17.9 Å². The molecule has 2 heterocycles. The molecular weight excluding hydrogens is 254 g/mol. The first-order chi connectivity index (χ1) is 9.63. The molecule has 20 heavy (non-hydrogen) atoms. The summed E-state index contributed by atoms with van der Waals surface area (Å²) in [5.41, 5.74) is 0.581. The quantitative estimate of drug-likeness (QED) is 0.911. The van der Waals surface area contributed by atoms with Crippen LogP contribution in [-0.2, 0) is 4.79 Å². The molecule has 0 fully saturated rings. The number of ether oxygens (including phenoxy) is 1. The van der Waals surface area contributed by atoms with Gasteiger partial charge in [-0.3, -0.25) is 4.79 Å². The van der Waals surface area contributed by atoms with Crippen LogP contribution in [0.4, 0.5) is 5.69 Å². The molecule has 2 aromatic heterocycles. The highest BCUT2D eigenvalue weighted by Gasteiger charge is 2.24. The summed E-state index contributed by atoms with van der Waals surface area (Å²) in [5.74, 6) is 0.503. The molecular formula is C15H19N3O2. The van der Waals surface area contributed by atoms with Gasteiger partial charge in [0.1, 0.15) is 11.7 Å². The summed E-state index contributed by atoms with van der Waals surface area (Å²) < 4.78 is 7.05. The van der Waals surface area contributed by atoms with Crippen molar-refractivity contribution in [1.82, 2.24) is 9.55 Å². The van der Waals surface area contributed by atoms with Crippen molar-refractivity contribution in [2.24, 2.45) is 5.92 Å². The Kier molecular flexibility index (Phi) is 4.40. The molecule has 0 radical (unpaired) electrons. The lowest BCUT2D eigenvalue weighted by Crippen LogP contribution is -2.29. The molecule has 0 spiro atoms. The van der Waals surface area contributed by atoms with E-state index in [1.807, 2.05) is 42.9 Å². The van der Waals surface area contributed by atoms with Crippen molar-refractivity contribution in [3.63, 3.8) is 0 Å². The average Bonchev–Trinajstić information content (AvgIpc) is 2.92. The second-order valence-electron chi connectivity index (χ2n) is 4.87. The van der Waals surface area contributed by atoms with E-state index in [4.69, 9.17) is 4.74 Å². The van der Waals surface area contributed by atoms with Crippen molar-refractivity contribution in [3.05, 3.63) is 42.9 Å². The Labute approximate surface area is 118 Å². The minimum absolute atomic E-state index is 0.0810. The third-order valence-corrected chi connectivity index (χ3v) is 3.07. The average molecular weight is 273 g/mol. The van der Waals surface area contributed by atoms with Crippen molar-refractivity contribution in [2.75, 3.05) is 12.4 Å². The Morgan fingerprint density at radius 1 is 1.30 bits per heavy atom. The van der Waals surface area contributed by atoms with Gasteiger partial charge in [-0.15, -0.1) is 0 Å². The zero-order valence-electron chi connectivity index (χ0n) is 11.9. The molecule has 106 valence electrons. The van der Waals surface area contributed by atoms with Crippen LogP contribution in [0.1, 0.15) is 19.9 Å². The summed E-state index contributed by atoms with van der Waals surface area (Å²) in [5, 5.41) is 2.88. The molecule has 1 amide bonds. The van der Waals surface area contributed by atoms with E-state index in [2.05, 4.69) is 10.3 Å². The summed E-state index contributed by atoms with van der Waals surface area (Å²) >= 11 is 0. The Hall–Kier alpha value is -2.30. The smallest absolute Gasteiger partial charge is 0.247 e. The predicted octanol–water partition coefficient (Wildman–Crippen LogP) is 2.73. The predicted molar refractivity (Wildman–Crippen MR) is 77.7 cm³/mol. The van der Waals surface area contributed by atoms with Crippen LogP contribution >= 0.6 is 0 Å². The van der Waals surface area contributed by atoms with Crippen LogP contribution in [-0.4, -0.2) is 22.6 Å². The van der Waals surface area contributed by atoms with Crippen molar-refractivity contribution < 1.29 is 9.53 Å². The topological polar surface area (TPSA) is 56.1 Å². The lowest BCUT2D eigenvalue weighted by atomic mass is 10.0. The summed E-state index contributed by atoms with van der Waals surface area (Å²) in [6, 6.07) is 7.09. The summed E-state index contributed by atoms with van der Waals surface area (Å²) in [6.07, 6.45) is 5.41. The van der Waals surface area contributed by atoms with Gasteiger partial charge in [-0.1, -0.05) is 13.8 Å². The highest BCUT2D eigenvalue weighted by molar-refractivity contribution is 5.94. The number of rotatable bonds is 5. The fourth-order valence-electron chi connectivity index (χ4n) is 2.17. The molecule has 0 aliphatic carbocycles. The Morgan fingerprint density at radius 2 is 2.00 bits per heavy atom. The summed E-state index contributed by atoms with van der Waals surface area (Å²) in [6.45, 7) is 4.04. The molecule has 0 aromatic carbocycles. The van der Waals surface area contributed by atoms with Crippen LogP contribution in [0.25, 0.3) is 0 Å². The second-order valence-corrected chi connectivity index (χ2v) is 4.87. The number of anilines is 1. The number of amides is 1. The van der Waals surface area contributed by atoms with Gasteiger partial charge in [0.2, 0.25) is 11.8 Å². The normalized spacial score (nSPS) is 12.2. The minimum atomic E-state index is -0.269. The third kappa shape index (κ3) is 2.99. The van der Waals surface area contributed by atoms with E-state index < -0.39 is 0 Å². The molecule has 1 atom stereocenters. The molecule has 0 saturated heterocycles. The lowest BCUT2D eigenvalue weighted by Gasteiger charge is -2.22. The van der Waals surface area contributed by atoms with E-state index in [0.717, 1.165) is 0 Å². The fourth-order valence-corrected chi connectivity index (χ4v) is 2.17. The molecule has 2 aromatic rings. The number of aromatic nitrogens is 2. The van der Waals surface area contributed by atoms with Gasteiger partial charge in [0.15, 0.2) is 0 Å². The van der Waals surface area contributed by atoms with E-state index in [1.54, 1.807) is 18.3 Å². The van der Waals surface area contributed by atoms with Crippen LogP contribution in [0.15, 0.2) is 42.9 Å². The minimum Gasteiger partial charge on any atom is -0.480 e. The maximum Gasteiger partial charge on any atom is 0.247 e. The molecule has 0 aliphatic rings. The molecule has 0 aliphatic heterocycles. The monoisotopic (exact) mass is 273 g/mol. The maximum atomic E-state index is 12.5. The molecule has 0 bridgehead atoms. The lowest BCUT2D eigenvalue weighted by molar-refractivity contribution is -0.120. The van der Waals surface area contributed by atoms with Gasteiger partial charge in [-0.2, -0.15) is 0 Å². The van der Waals surface area contributed by atoms with Gasteiger partial charge in [-0.05, 0) is 30.2 Å². The molecule has 5 nitrogen and oxygen atoms in total. The van der Waals surface area contributed by atoms with Gasteiger partial charge >= 0.3 is 0 Å². The molecule has 2 rings (SSSR count). The van der Waals surface area contributed by atoms with Crippen LogP contribution in [0, 0.1) is 5.92 Å². The number of nitrogens with zero attached hydrogens (tertiary/aromatic N) is 2. The van der Waals surface area contributed by atoms with Crippen LogP contribution in [0.3, 0.4) is 0 Å². The highest BCUT2D eigenvalue weighted by atomic mass is 16.5. The van der Waals surface area contributed by atoms with E-state index in [9.17, 15) is 4.79 Å². The zero-order chi connectivity index (χ0) is 14.5. The molecule has 5 heteroatoms. The van der Waals surface area contributed by atoms with Crippen LogP contribution < -0.4 is 10.1 Å². The zero-order valence-corrected chi connectivity index (χ0v) is 11.9. The first kappa shape index (κ1) is 14.1. The van der Waals surface area contributed by atoms with E-state index in [0.29, 0.717) is 11.6 Å². The largest absolute Gasteiger partial charge is 0.480 e. The van der Waals surface area contributed by atoms with Gasteiger partial charge in [0, 0.05) is 18.6 Å². The third-order valence-electron chi connectivity index (χ3n) is 3.07. The Balaban J connectivity index is 2.21. The number of methoxy groups -OCH3 is 1. The molecule has 1 N–H and O–H groups in total. The number of carbonyl (C=O) groups is 1. The number of pyridine rings is 1.